The highest BCUT2D eigenvalue weighted by Crippen LogP contribution is 2.37. The Bertz CT molecular complexity index is 619. The first-order valence-electron chi connectivity index (χ1n) is 5.18. The molecule has 2 aromatic rings. The molecule has 0 aromatic heterocycles. The molecule has 0 aliphatic rings. The topological polar surface area (TPSA) is 9.23 Å². The molecule has 100 valence electrons. The summed E-state index contributed by atoms with van der Waals surface area (Å²) in [5.41, 5.74) is 0.277. The molecule has 0 radical (unpaired) electrons. The van der Waals surface area contributed by atoms with Gasteiger partial charge in [-0.2, -0.15) is 0 Å². The Morgan fingerprint density at radius 2 is 1.84 bits per heavy atom. The lowest BCUT2D eigenvalue weighted by Gasteiger charge is -2.12. The van der Waals surface area contributed by atoms with Gasteiger partial charge in [-0.1, -0.05) is 29.3 Å². The predicted octanol–water partition coefficient (Wildman–Crippen LogP) is 6.43. The van der Waals surface area contributed by atoms with Crippen LogP contribution in [0.15, 0.2) is 34.8 Å². The predicted molar refractivity (Wildman–Crippen MR) is 80.2 cm³/mol. The smallest absolute Gasteiger partial charge is 0.147 e. The first-order chi connectivity index (χ1) is 9.02. The van der Waals surface area contributed by atoms with E-state index in [0.29, 0.717) is 26.0 Å². The Balaban J connectivity index is 2.42. The fourth-order valence-corrected chi connectivity index (χ4v) is 2.56. The summed E-state index contributed by atoms with van der Waals surface area (Å²) in [5, 5.41) is 0.810. The molecule has 0 saturated heterocycles. The van der Waals surface area contributed by atoms with Gasteiger partial charge in [-0.15, -0.1) is 11.6 Å². The van der Waals surface area contributed by atoms with Crippen molar-refractivity contribution in [1.82, 2.24) is 0 Å². The normalized spacial score (nSPS) is 10.6. The van der Waals surface area contributed by atoms with Crippen LogP contribution in [0.5, 0.6) is 11.5 Å². The maximum atomic E-state index is 13.6. The molecule has 0 aliphatic heterocycles. The van der Waals surface area contributed by atoms with Crippen molar-refractivity contribution in [2.45, 2.75) is 5.88 Å². The van der Waals surface area contributed by atoms with E-state index in [1.807, 2.05) is 0 Å². The number of ether oxygens (including phenoxy) is 1. The molecule has 6 heteroatoms. The van der Waals surface area contributed by atoms with Crippen molar-refractivity contribution in [3.05, 3.63) is 56.2 Å². The van der Waals surface area contributed by atoms with Crippen molar-refractivity contribution >= 4 is 50.7 Å². The van der Waals surface area contributed by atoms with Crippen LogP contribution >= 0.6 is 50.7 Å². The van der Waals surface area contributed by atoms with Crippen LogP contribution < -0.4 is 4.74 Å². The second-order valence-corrected chi connectivity index (χ2v) is 5.58. The second kappa shape index (κ2) is 6.31. The number of hydrogen-bond donors (Lipinski definition) is 0. The molecule has 0 aliphatic carbocycles. The fourth-order valence-electron chi connectivity index (χ4n) is 1.47. The molecule has 2 aromatic carbocycles. The summed E-state index contributed by atoms with van der Waals surface area (Å²) >= 11 is 21.0. The minimum Gasteiger partial charge on any atom is -0.455 e. The zero-order valence-corrected chi connectivity index (χ0v) is 13.2. The van der Waals surface area contributed by atoms with E-state index >= 15 is 0 Å². The van der Waals surface area contributed by atoms with Crippen LogP contribution in [0.1, 0.15) is 5.56 Å². The van der Waals surface area contributed by atoms with E-state index in [-0.39, 0.29) is 11.4 Å². The largest absolute Gasteiger partial charge is 0.455 e. The van der Waals surface area contributed by atoms with Gasteiger partial charge in [0.15, 0.2) is 0 Å². The Morgan fingerprint density at radius 3 is 2.53 bits per heavy atom. The van der Waals surface area contributed by atoms with Crippen LogP contribution in [0.2, 0.25) is 10.0 Å². The van der Waals surface area contributed by atoms with Crippen LogP contribution in [0.25, 0.3) is 0 Å². The van der Waals surface area contributed by atoms with E-state index in [0.717, 1.165) is 0 Å². The van der Waals surface area contributed by atoms with E-state index in [1.165, 1.54) is 12.1 Å². The minimum absolute atomic E-state index is 0.00386. The molecule has 0 unspecified atom stereocenters. The monoisotopic (exact) mass is 382 g/mol. The highest BCUT2D eigenvalue weighted by molar-refractivity contribution is 9.10. The third kappa shape index (κ3) is 3.34. The second-order valence-electron chi connectivity index (χ2n) is 3.65. The Kier molecular flexibility index (Phi) is 4.96. The Hall–Kier alpha value is -0.480. The maximum absolute atomic E-state index is 13.6. The Morgan fingerprint density at radius 1 is 1.11 bits per heavy atom. The van der Waals surface area contributed by atoms with Crippen LogP contribution in [0, 0.1) is 5.82 Å². The molecule has 0 spiro atoms. The standard InChI is InChI=1S/C13H7BrCl3FO/c14-8-4-10(17)13(5-9(8)16)19-12-3-1-2-11(18)7(12)6-15/h1-5H,6H2. The van der Waals surface area contributed by atoms with Crippen molar-refractivity contribution in [3.8, 4) is 11.5 Å². The summed E-state index contributed by atoms with van der Waals surface area (Å²) in [6.07, 6.45) is 0. The fraction of sp³-hybridized carbons (Fsp3) is 0.0769. The number of hydrogen-bond acceptors (Lipinski definition) is 1. The lowest BCUT2D eigenvalue weighted by atomic mass is 10.2. The third-order valence-corrected chi connectivity index (χ3v) is 4.16. The van der Waals surface area contributed by atoms with Crippen molar-refractivity contribution in [1.29, 1.82) is 0 Å². The first kappa shape index (κ1) is 14.9. The lowest BCUT2D eigenvalue weighted by molar-refractivity contribution is 0.470. The molecule has 0 atom stereocenters. The SMILES string of the molecule is Fc1cccc(Oc2cc(Cl)c(Br)cc2Cl)c1CCl. The first-order valence-corrected chi connectivity index (χ1v) is 7.27. The summed E-state index contributed by atoms with van der Waals surface area (Å²) in [5.74, 6) is 0.234. The summed E-state index contributed by atoms with van der Waals surface area (Å²) in [4.78, 5) is 0. The quantitative estimate of drug-likeness (QED) is 0.438. The van der Waals surface area contributed by atoms with Gasteiger partial charge in [-0.25, -0.2) is 4.39 Å². The zero-order valence-electron chi connectivity index (χ0n) is 9.39. The number of rotatable bonds is 3. The molecule has 0 saturated carbocycles. The number of alkyl halides is 1. The van der Waals surface area contributed by atoms with E-state index in [4.69, 9.17) is 39.5 Å². The lowest BCUT2D eigenvalue weighted by Crippen LogP contribution is -1.94. The summed E-state index contributed by atoms with van der Waals surface area (Å²) in [7, 11) is 0. The van der Waals surface area contributed by atoms with E-state index in [9.17, 15) is 4.39 Å². The van der Waals surface area contributed by atoms with Gasteiger partial charge in [-0.05, 0) is 34.1 Å². The van der Waals surface area contributed by atoms with Crippen molar-refractivity contribution in [3.63, 3.8) is 0 Å². The van der Waals surface area contributed by atoms with Crippen LogP contribution in [0.3, 0.4) is 0 Å². The van der Waals surface area contributed by atoms with E-state index in [2.05, 4.69) is 15.9 Å². The highest BCUT2D eigenvalue weighted by Gasteiger charge is 2.12. The molecule has 0 heterocycles. The van der Waals surface area contributed by atoms with Crippen molar-refractivity contribution in [2.75, 3.05) is 0 Å². The summed E-state index contributed by atoms with van der Waals surface area (Å²) in [6.45, 7) is 0. The van der Waals surface area contributed by atoms with Gasteiger partial charge >= 0.3 is 0 Å². The van der Waals surface area contributed by atoms with Crippen LogP contribution in [-0.2, 0) is 5.88 Å². The average molecular weight is 384 g/mol. The van der Waals surface area contributed by atoms with Gasteiger partial charge in [0, 0.05) is 16.1 Å². The van der Waals surface area contributed by atoms with Crippen molar-refractivity contribution in [2.24, 2.45) is 0 Å². The molecule has 1 nitrogen and oxygen atoms in total. The zero-order chi connectivity index (χ0) is 14.0. The molecule has 0 bridgehead atoms. The van der Waals surface area contributed by atoms with Gasteiger partial charge < -0.3 is 4.74 Å². The number of benzene rings is 2. The van der Waals surface area contributed by atoms with E-state index in [1.54, 1.807) is 18.2 Å². The van der Waals surface area contributed by atoms with Gasteiger partial charge in [-0.3, -0.25) is 0 Å². The van der Waals surface area contributed by atoms with Gasteiger partial charge in [0.05, 0.1) is 15.9 Å². The van der Waals surface area contributed by atoms with Crippen LogP contribution in [-0.4, -0.2) is 0 Å². The summed E-state index contributed by atoms with van der Waals surface area (Å²) < 4.78 is 19.8. The maximum Gasteiger partial charge on any atom is 0.147 e. The minimum atomic E-state index is -0.424. The third-order valence-electron chi connectivity index (χ3n) is 2.40. The van der Waals surface area contributed by atoms with E-state index < -0.39 is 5.82 Å². The average Bonchev–Trinajstić information content (AvgIpc) is 2.36. The van der Waals surface area contributed by atoms with Crippen LogP contribution in [0.4, 0.5) is 4.39 Å². The Labute approximate surface area is 133 Å². The summed E-state index contributed by atoms with van der Waals surface area (Å²) in [6, 6.07) is 7.64. The van der Waals surface area contributed by atoms with Gasteiger partial charge in [0.25, 0.3) is 0 Å². The van der Waals surface area contributed by atoms with Gasteiger partial charge in [0.1, 0.15) is 17.3 Å². The molecular weight excluding hydrogens is 377 g/mol. The van der Waals surface area contributed by atoms with Gasteiger partial charge in [0.2, 0.25) is 0 Å². The number of halogens is 5. The molecule has 19 heavy (non-hydrogen) atoms. The molecule has 2 rings (SSSR count). The highest BCUT2D eigenvalue weighted by atomic mass is 79.9. The molecule has 0 N–H and O–H groups in total. The molecule has 0 fully saturated rings. The molecular formula is C13H7BrCl3FO. The van der Waals surface area contributed by atoms with Crippen molar-refractivity contribution < 1.29 is 9.13 Å². The molecule has 0 amide bonds.